The number of benzene rings is 1. The molecule has 0 saturated heterocycles. The zero-order chi connectivity index (χ0) is 22.8. The van der Waals surface area contributed by atoms with Crippen LogP contribution in [-0.2, 0) is 27.0 Å². The predicted octanol–water partition coefficient (Wildman–Crippen LogP) is 4.25. The SMILES string of the molecule is CC(C)O.COc1c(C)c2c(c(O)c1C/C=C(\C)COCPOC(C)C)C(=O)OC2. The van der Waals surface area contributed by atoms with E-state index in [0.29, 0.717) is 45.1 Å². The van der Waals surface area contributed by atoms with Gasteiger partial charge in [0.1, 0.15) is 23.7 Å². The molecule has 2 rings (SSSR count). The Balaban J connectivity index is 0.00000103. The minimum Gasteiger partial charge on any atom is -0.507 e. The van der Waals surface area contributed by atoms with E-state index in [4.69, 9.17) is 23.8 Å². The van der Waals surface area contributed by atoms with E-state index in [-0.39, 0.29) is 30.1 Å². The molecule has 1 aliphatic heterocycles. The number of carbonyl (C=O) groups excluding carboxylic acids is 1. The number of rotatable bonds is 9. The number of carbonyl (C=O) groups is 1. The van der Waals surface area contributed by atoms with E-state index in [0.717, 1.165) is 11.1 Å². The van der Waals surface area contributed by atoms with Crippen molar-refractivity contribution >= 4 is 14.8 Å². The third-order valence-electron chi connectivity index (χ3n) is 4.11. The molecule has 0 radical (unpaired) electrons. The van der Waals surface area contributed by atoms with Crippen molar-refractivity contribution in [3.8, 4) is 11.5 Å². The monoisotopic (exact) mass is 442 g/mol. The summed E-state index contributed by atoms with van der Waals surface area (Å²) in [6.45, 7) is 11.9. The van der Waals surface area contributed by atoms with E-state index >= 15 is 0 Å². The molecule has 1 aliphatic rings. The van der Waals surface area contributed by atoms with Crippen LogP contribution in [0.15, 0.2) is 11.6 Å². The lowest BCUT2D eigenvalue weighted by molar-refractivity contribution is 0.0533. The summed E-state index contributed by atoms with van der Waals surface area (Å²) in [5.74, 6) is 0.0535. The minimum absolute atomic E-state index is 0.0540. The molecule has 0 amide bonds. The summed E-state index contributed by atoms with van der Waals surface area (Å²) >= 11 is 0. The van der Waals surface area contributed by atoms with Crippen molar-refractivity contribution < 1.29 is 33.7 Å². The maximum absolute atomic E-state index is 11.9. The molecule has 1 aromatic rings. The number of aromatic hydroxyl groups is 1. The van der Waals surface area contributed by atoms with E-state index in [1.54, 1.807) is 21.0 Å². The standard InChI is InChI=1S/C19H27O6P.C3H8O/c1-11(2)25-26-10-23-8-12(3)6-7-14-17(20)16-15(9-24-19(16)21)13(4)18(14)22-5;1-3(2)4/h6,11,20,26H,7-10H2,1-5H3;3-4H,1-2H3/b12-6+;. The largest absolute Gasteiger partial charge is 0.507 e. The molecule has 7 nitrogen and oxygen atoms in total. The van der Waals surface area contributed by atoms with Gasteiger partial charge in [-0.1, -0.05) is 11.6 Å². The second-order valence-electron chi connectivity index (χ2n) is 7.57. The van der Waals surface area contributed by atoms with E-state index < -0.39 is 5.97 Å². The van der Waals surface area contributed by atoms with Gasteiger partial charge in [0.2, 0.25) is 0 Å². The molecule has 1 aromatic carbocycles. The van der Waals surface area contributed by atoms with Crippen LogP contribution < -0.4 is 4.74 Å². The van der Waals surface area contributed by atoms with Crippen LogP contribution in [0.1, 0.15) is 61.7 Å². The predicted molar refractivity (Wildman–Crippen MR) is 119 cm³/mol. The number of cyclic esters (lactones) is 1. The number of phenolic OH excluding ortho intramolecular Hbond substituents is 1. The first kappa shape index (κ1) is 26.4. The summed E-state index contributed by atoms with van der Waals surface area (Å²) in [6.07, 6.45) is 3.01. The Kier molecular flexibility index (Phi) is 11.3. The molecule has 0 aromatic heterocycles. The number of hydrogen-bond donors (Lipinski definition) is 2. The van der Waals surface area contributed by atoms with Crippen molar-refractivity contribution in [3.63, 3.8) is 0 Å². The van der Waals surface area contributed by atoms with Crippen LogP contribution in [0.2, 0.25) is 0 Å². The van der Waals surface area contributed by atoms with Gasteiger partial charge < -0.3 is 28.9 Å². The van der Waals surface area contributed by atoms with Gasteiger partial charge in [-0.2, -0.15) is 0 Å². The van der Waals surface area contributed by atoms with Crippen molar-refractivity contribution in [2.45, 2.75) is 66.8 Å². The number of aliphatic hydroxyl groups is 1. The Morgan fingerprint density at radius 1 is 1.30 bits per heavy atom. The van der Waals surface area contributed by atoms with E-state index in [1.165, 1.54) is 0 Å². The highest BCUT2D eigenvalue weighted by Gasteiger charge is 2.31. The highest BCUT2D eigenvalue weighted by atomic mass is 31.1. The maximum atomic E-state index is 11.9. The summed E-state index contributed by atoms with van der Waals surface area (Å²) in [5.41, 5.74) is 3.40. The highest BCUT2D eigenvalue weighted by molar-refractivity contribution is 7.31. The van der Waals surface area contributed by atoms with Gasteiger partial charge in [-0.25, -0.2) is 4.79 Å². The molecule has 0 fully saturated rings. The van der Waals surface area contributed by atoms with Crippen LogP contribution >= 0.6 is 8.81 Å². The lowest BCUT2D eigenvalue weighted by Crippen LogP contribution is -2.03. The second-order valence-corrected chi connectivity index (χ2v) is 8.38. The number of hydrogen-bond acceptors (Lipinski definition) is 7. The van der Waals surface area contributed by atoms with Gasteiger partial charge in [-0.05, 0) is 53.5 Å². The third-order valence-corrected chi connectivity index (χ3v) is 5.07. The van der Waals surface area contributed by atoms with Crippen molar-refractivity contribution in [2.24, 2.45) is 0 Å². The van der Waals surface area contributed by atoms with E-state index in [1.807, 2.05) is 33.8 Å². The van der Waals surface area contributed by atoms with Crippen molar-refractivity contribution in [2.75, 3.05) is 20.1 Å². The third kappa shape index (κ3) is 7.88. The summed E-state index contributed by atoms with van der Waals surface area (Å²) in [7, 11) is 1.88. The lowest BCUT2D eigenvalue weighted by Gasteiger charge is -2.15. The molecule has 30 heavy (non-hydrogen) atoms. The van der Waals surface area contributed by atoms with Gasteiger partial charge in [-0.15, -0.1) is 0 Å². The first-order valence-electron chi connectivity index (χ1n) is 9.98. The molecule has 170 valence electrons. The van der Waals surface area contributed by atoms with Gasteiger partial charge in [0.15, 0.2) is 0 Å². The summed E-state index contributed by atoms with van der Waals surface area (Å²) in [6, 6.07) is 0. The number of aliphatic hydroxyl groups excluding tert-OH is 1. The zero-order valence-corrected chi connectivity index (χ0v) is 20.0. The normalized spacial score (nSPS) is 13.7. The number of methoxy groups -OCH3 is 1. The maximum Gasteiger partial charge on any atom is 0.342 e. The molecule has 1 heterocycles. The first-order chi connectivity index (χ1) is 14.1. The molecule has 1 unspecified atom stereocenters. The average molecular weight is 442 g/mol. The fourth-order valence-corrected chi connectivity index (χ4v) is 3.40. The molecular formula is C22H35O7P. The Morgan fingerprint density at radius 2 is 1.93 bits per heavy atom. The fraction of sp³-hybridized carbons (Fsp3) is 0.591. The number of esters is 1. The Morgan fingerprint density at radius 3 is 2.50 bits per heavy atom. The van der Waals surface area contributed by atoms with E-state index in [9.17, 15) is 9.90 Å². The van der Waals surface area contributed by atoms with Gasteiger partial charge in [-0.3, -0.25) is 0 Å². The van der Waals surface area contributed by atoms with Crippen molar-refractivity contribution in [1.29, 1.82) is 0 Å². The number of allylic oxidation sites excluding steroid dienone is 1. The van der Waals surface area contributed by atoms with Crippen molar-refractivity contribution in [1.82, 2.24) is 0 Å². The lowest BCUT2D eigenvalue weighted by atomic mass is 9.95. The first-order valence-corrected chi connectivity index (χ1v) is 11.1. The smallest absolute Gasteiger partial charge is 0.342 e. The van der Waals surface area contributed by atoms with Crippen LogP contribution in [0.3, 0.4) is 0 Å². The van der Waals surface area contributed by atoms with Gasteiger partial charge in [0.05, 0.1) is 26.2 Å². The van der Waals surface area contributed by atoms with Crippen LogP contribution in [0.5, 0.6) is 11.5 Å². The topological polar surface area (TPSA) is 94.5 Å². The molecule has 0 saturated carbocycles. The van der Waals surface area contributed by atoms with Gasteiger partial charge in [0, 0.05) is 26.0 Å². The number of ether oxygens (including phenoxy) is 3. The molecule has 0 bridgehead atoms. The Bertz CT molecular complexity index is 739. The second kappa shape index (κ2) is 12.9. The quantitative estimate of drug-likeness (QED) is 0.256. The molecule has 0 aliphatic carbocycles. The molecule has 1 atom stereocenters. The Hall–Kier alpha value is -1.66. The van der Waals surface area contributed by atoms with Crippen LogP contribution in [0.25, 0.3) is 0 Å². The number of phenols is 1. The van der Waals surface area contributed by atoms with Crippen LogP contribution in [0.4, 0.5) is 0 Å². The molecule has 2 N–H and O–H groups in total. The molecular weight excluding hydrogens is 407 g/mol. The van der Waals surface area contributed by atoms with Crippen LogP contribution in [0, 0.1) is 6.92 Å². The summed E-state index contributed by atoms with van der Waals surface area (Å²) < 4.78 is 21.6. The fourth-order valence-electron chi connectivity index (χ4n) is 2.82. The van der Waals surface area contributed by atoms with Gasteiger partial charge in [0.25, 0.3) is 0 Å². The number of fused-ring (bicyclic) bond motifs is 1. The van der Waals surface area contributed by atoms with Crippen molar-refractivity contribution in [3.05, 3.63) is 33.9 Å². The van der Waals surface area contributed by atoms with Gasteiger partial charge >= 0.3 is 5.97 Å². The molecule has 0 spiro atoms. The van der Waals surface area contributed by atoms with Crippen LogP contribution in [-0.4, -0.2) is 48.5 Å². The zero-order valence-electron chi connectivity index (χ0n) is 19.0. The molecule has 8 heteroatoms. The summed E-state index contributed by atoms with van der Waals surface area (Å²) in [4.78, 5) is 11.9. The average Bonchev–Trinajstić information content (AvgIpc) is 3.04. The van der Waals surface area contributed by atoms with E-state index in [2.05, 4.69) is 0 Å². The Labute approximate surface area is 181 Å². The highest BCUT2D eigenvalue weighted by Crippen LogP contribution is 2.41. The minimum atomic E-state index is -0.486. The summed E-state index contributed by atoms with van der Waals surface area (Å²) in [5, 5.41) is 18.6.